The summed E-state index contributed by atoms with van der Waals surface area (Å²) in [5.74, 6) is 0. The largest absolute Gasteiger partial charge is 0.418 e. The third kappa shape index (κ3) is 2.28. The number of halogens is 4. The van der Waals surface area contributed by atoms with Crippen LogP contribution in [0.1, 0.15) is 11.3 Å². The van der Waals surface area contributed by atoms with Gasteiger partial charge in [0.15, 0.2) is 0 Å². The molecule has 0 amide bonds. The van der Waals surface area contributed by atoms with Crippen molar-refractivity contribution in [2.24, 2.45) is 0 Å². The molecule has 18 heavy (non-hydrogen) atoms. The Morgan fingerprint density at radius 1 is 1.33 bits per heavy atom. The van der Waals surface area contributed by atoms with Gasteiger partial charge in [-0.15, -0.1) is 0 Å². The highest BCUT2D eigenvalue weighted by molar-refractivity contribution is 6.31. The lowest BCUT2D eigenvalue weighted by Gasteiger charge is -2.13. The number of nitrogens with zero attached hydrogens (tertiary/aromatic N) is 2. The van der Waals surface area contributed by atoms with Crippen LogP contribution in [-0.4, -0.2) is 9.78 Å². The normalized spacial score (nSPS) is 11.8. The molecule has 0 radical (unpaired) electrons. The molecule has 0 aliphatic rings. The first-order valence-electron chi connectivity index (χ1n) is 4.98. The molecule has 2 N–H and O–H groups in total. The van der Waals surface area contributed by atoms with E-state index in [1.807, 2.05) is 0 Å². The Morgan fingerprint density at radius 3 is 2.50 bits per heavy atom. The molecule has 0 aliphatic heterocycles. The number of hydrogen-bond acceptors (Lipinski definition) is 2. The highest BCUT2D eigenvalue weighted by Gasteiger charge is 2.34. The van der Waals surface area contributed by atoms with Crippen molar-refractivity contribution in [3.05, 3.63) is 40.7 Å². The molecule has 0 aliphatic carbocycles. The molecular weight excluding hydrogens is 267 g/mol. The first-order valence-corrected chi connectivity index (χ1v) is 5.35. The Kier molecular flexibility index (Phi) is 2.98. The summed E-state index contributed by atoms with van der Waals surface area (Å²) in [6.07, 6.45) is -3.17. The van der Waals surface area contributed by atoms with Crippen molar-refractivity contribution in [2.75, 3.05) is 5.73 Å². The number of benzene rings is 1. The van der Waals surface area contributed by atoms with Gasteiger partial charge in [-0.2, -0.15) is 18.3 Å². The molecule has 7 heteroatoms. The fourth-order valence-corrected chi connectivity index (χ4v) is 1.67. The summed E-state index contributed by atoms with van der Waals surface area (Å²) < 4.78 is 39.8. The van der Waals surface area contributed by atoms with Crippen LogP contribution < -0.4 is 5.73 Å². The molecule has 0 saturated carbocycles. The van der Waals surface area contributed by atoms with Gasteiger partial charge >= 0.3 is 6.18 Å². The molecule has 2 aromatic rings. The standard InChI is InChI=1S/C11H9ClF3N3/c1-6-9(12)5-18(17-6)10-3-2-7(16)4-8(10)11(13,14)15/h2-5H,16H2,1H3. The maximum Gasteiger partial charge on any atom is 0.418 e. The molecule has 1 aromatic carbocycles. The van der Waals surface area contributed by atoms with Crippen LogP contribution in [0.4, 0.5) is 18.9 Å². The zero-order valence-corrected chi connectivity index (χ0v) is 10.0. The molecule has 0 fully saturated rings. The molecule has 1 aromatic heterocycles. The van der Waals surface area contributed by atoms with Crippen LogP contribution in [0, 0.1) is 6.92 Å². The Labute approximate surface area is 106 Å². The zero-order chi connectivity index (χ0) is 13.5. The van der Waals surface area contributed by atoms with Crippen LogP contribution in [0.3, 0.4) is 0 Å². The lowest BCUT2D eigenvalue weighted by Crippen LogP contribution is -2.12. The van der Waals surface area contributed by atoms with E-state index in [-0.39, 0.29) is 11.4 Å². The summed E-state index contributed by atoms with van der Waals surface area (Å²) in [4.78, 5) is 0. The van der Waals surface area contributed by atoms with E-state index < -0.39 is 11.7 Å². The van der Waals surface area contributed by atoms with Crippen LogP contribution in [0.2, 0.25) is 5.02 Å². The van der Waals surface area contributed by atoms with Gasteiger partial charge in [0, 0.05) is 11.9 Å². The number of nitrogens with two attached hydrogens (primary N) is 1. The van der Waals surface area contributed by atoms with Crippen molar-refractivity contribution < 1.29 is 13.2 Å². The fourth-order valence-electron chi connectivity index (χ4n) is 1.54. The van der Waals surface area contributed by atoms with Gasteiger partial charge in [0.2, 0.25) is 0 Å². The van der Waals surface area contributed by atoms with E-state index in [9.17, 15) is 13.2 Å². The average molecular weight is 276 g/mol. The van der Waals surface area contributed by atoms with Crippen LogP contribution >= 0.6 is 11.6 Å². The van der Waals surface area contributed by atoms with Gasteiger partial charge in [0.1, 0.15) is 0 Å². The van der Waals surface area contributed by atoms with Crippen molar-refractivity contribution >= 4 is 17.3 Å². The van der Waals surface area contributed by atoms with E-state index in [4.69, 9.17) is 17.3 Å². The van der Waals surface area contributed by atoms with E-state index >= 15 is 0 Å². The van der Waals surface area contributed by atoms with Crippen molar-refractivity contribution in [2.45, 2.75) is 13.1 Å². The van der Waals surface area contributed by atoms with Gasteiger partial charge in [0.25, 0.3) is 0 Å². The zero-order valence-electron chi connectivity index (χ0n) is 9.29. The Morgan fingerprint density at radius 2 is 2.00 bits per heavy atom. The quantitative estimate of drug-likeness (QED) is 0.810. The second-order valence-electron chi connectivity index (χ2n) is 3.78. The highest BCUT2D eigenvalue weighted by Crippen LogP contribution is 2.35. The molecule has 0 saturated heterocycles. The maximum absolute atomic E-state index is 12.9. The van der Waals surface area contributed by atoms with E-state index in [1.54, 1.807) is 6.92 Å². The Bertz CT molecular complexity index is 570. The van der Waals surface area contributed by atoms with Gasteiger partial charge < -0.3 is 5.73 Å². The van der Waals surface area contributed by atoms with Gasteiger partial charge in [-0.25, -0.2) is 4.68 Å². The smallest absolute Gasteiger partial charge is 0.399 e. The minimum absolute atomic E-state index is 0.0426. The predicted molar refractivity (Wildman–Crippen MR) is 62.7 cm³/mol. The van der Waals surface area contributed by atoms with Gasteiger partial charge in [-0.1, -0.05) is 11.6 Å². The summed E-state index contributed by atoms with van der Waals surface area (Å²) in [6.45, 7) is 1.61. The fraction of sp³-hybridized carbons (Fsp3) is 0.182. The number of hydrogen-bond donors (Lipinski definition) is 1. The summed E-state index contributed by atoms with van der Waals surface area (Å²) in [5.41, 5.74) is 4.93. The molecule has 0 bridgehead atoms. The number of nitrogen functional groups attached to an aromatic ring is 1. The second-order valence-corrected chi connectivity index (χ2v) is 4.19. The molecule has 0 atom stereocenters. The summed E-state index contributed by atoms with van der Waals surface area (Å²) >= 11 is 5.79. The van der Waals surface area contributed by atoms with Crippen molar-refractivity contribution in [1.82, 2.24) is 9.78 Å². The molecule has 3 nitrogen and oxygen atoms in total. The van der Waals surface area contributed by atoms with Crippen molar-refractivity contribution in [3.63, 3.8) is 0 Å². The first-order chi connectivity index (χ1) is 8.29. The average Bonchev–Trinajstić information content (AvgIpc) is 2.57. The predicted octanol–water partition coefficient (Wildman–Crippen LogP) is 3.44. The van der Waals surface area contributed by atoms with Crippen LogP contribution in [0.25, 0.3) is 5.69 Å². The molecule has 0 spiro atoms. The topological polar surface area (TPSA) is 43.8 Å². The molecule has 96 valence electrons. The first kappa shape index (κ1) is 12.8. The number of aryl methyl sites for hydroxylation is 1. The van der Waals surface area contributed by atoms with Crippen LogP contribution in [-0.2, 0) is 6.18 Å². The molecule has 0 unspecified atom stereocenters. The third-order valence-electron chi connectivity index (χ3n) is 2.41. The van der Waals surface area contributed by atoms with Crippen LogP contribution in [0.15, 0.2) is 24.4 Å². The monoisotopic (exact) mass is 275 g/mol. The number of alkyl halides is 3. The van der Waals surface area contributed by atoms with Crippen LogP contribution in [0.5, 0.6) is 0 Å². The Hall–Kier alpha value is -1.69. The SMILES string of the molecule is Cc1nn(-c2ccc(N)cc2C(F)(F)F)cc1Cl. The van der Waals surface area contributed by atoms with Crippen molar-refractivity contribution in [3.8, 4) is 5.69 Å². The number of rotatable bonds is 1. The Balaban J connectivity index is 2.64. The van der Waals surface area contributed by atoms with E-state index in [0.29, 0.717) is 10.7 Å². The van der Waals surface area contributed by atoms with E-state index in [0.717, 1.165) is 10.7 Å². The number of aromatic nitrogens is 2. The van der Waals surface area contributed by atoms with E-state index in [1.165, 1.54) is 18.3 Å². The maximum atomic E-state index is 12.9. The van der Waals surface area contributed by atoms with Gasteiger partial charge in [0.05, 0.1) is 22.0 Å². The minimum Gasteiger partial charge on any atom is -0.399 e. The minimum atomic E-state index is -4.50. The lowest BCUT2D eigenvalue weighted by atomic mass is 10.1. The summed E-state index contributed by atoms with van der Waals surface area (Å²) in [5, 5.41) is 4.23. The number of anilines is 1. The second kappa shape index (κ2) is 4.20. The molecule has 1 heterocycles. The summed E-state index contributed by atoms with van der Waals surface area (Å²) in [7, 11) is 0. The molecular formula is C11H9ClF3N3. The van der Waals surface area contributed by atoms with E-state index in [2.05, 4.69) is 5.10 Å². The lowest BCUT2D eigenvalue weighted by molar-refractivity contribution is -0.137. The third-order valence-corrected chi connectivity index (χ3v) is 2.78. The van der Waals surface area contributed by atoms with Gasteiger partial charge in [-0.3, -0.25) is 0 Å². The van der Waals surface area contributed by atoms with Gasteiger partial charge in [-0.05, 0) is 25.1 Å². The highest BCUT2D eigenvalue weighted by atomic mass is 35.5. The van der Waals surface area contributed by atoms with Crippen molar-refractivity contribution in [1.29, 1.82) is 0 Å². The molecule has 2 rings (SSSR count). The summed E-state index contributed by atoms with van der Waals surface area (Å²) in [6, 6.07) is 3.52.